The minimum absolute atomic E-state index is 0.179. The number of nitrogens with zero attached hydrogens (tertiary/aromatic N) is 2. The maximum atomic E-state index is 12.7. The van der Waals surface area contributed by atoms with Crippen molar-refractivity contribution in [2.24, 2.45) is 0 Å². The van der Waals surface area contributed by atoms with Gasteiger partial charge in [-0.1, -0.05) is 22.4 Å². The standard InChI is InChI=1S/C23H27BrN4O2/c1-16-14-17(6-7-19(16)24)26-22-18-8-13-30-21(18)15-20(27-22)23(29)25-9-5-12-28-10-3-2-4-11-28/h6-8,13-15H,2-5,9-12H2,1H3,(H,25,29)(H,26,27). The lowest BCUT2D eigenvalue weighted by atomic mass is 10.1. The van der Waals surface area contributed by atoms with Crippen LogP contribution in [0.5, 0.6) is 0 Å². The molecule has 0 bridgehead atoms. The van der Waals surface area contributed by atoms with Gasteiger partial charge in [0, 0.05) is 22.8 Å². The number of likely N-dealkylation sites (tertiary alicyclic amines) is 1. The highest BCUT2D eigenvalue weighted by molar-refractivity contribution is 9.10. The summed E-state index contributed by atoms with van der Waals surface area (Å²) < 4.78 is 6.61. The lowest BCUT2D eigenvalue weighted by Gasteiger charge is -2.26. The molecule has 2 aromatic heterocycles. The highest BCUT2D eigenvalue weighted by Crippen LogP contribution is 2.28. The van der Waals surface area contributed by atoms with Crippen LogP contribution in [0.1, 0.15) is 41.7 Å². The Morgan fingerprint density at radius 1 is 1.20 bits per heavy atom. The number of furan rings is 1. The lowest BCUT2D eigenvalue weighted by Crippen LogP contribution is -2.33. The zero-order valence-corrected chi connectivity index (χ0v) is 18.8. The molecule has 1 amide bonds. The van der Waals surface area contributed by atoms with Gasteiger partial charge in [-0.05, 0) is 75.6 Å². The molecule has 0 radical (unpaired) electrons. The molecule has 2 N–H and O–H groups in total. The largest absolute Gasteiger partial charge is 0.464 e. The molecule has 0 unspecified atom stereocenters. The summed E-state index contributed by atoms with van der Waals surface area (Å²) in [7, 11) is 0. The molecule has 0 saturated carbocycles. The summed E-state index contributed by atoms with van der Waals surface area (Å²) in [6.45, 7) is 6.05. The Morgan fingerprint density at radius 2 is 2.03 bits per heavy atom. The molecule has 1 saturated heterocycles. The number of anilines is 2. The fourth-order valence-corrected chi connectivity index (χ4v) is 4.06. The number of amides is 1. The van der Waals surface area contributed by atoms with E-state index >= 15 is 0 Å². The third-order valence-electron chi connectivity index (χ3n) is 5.49. The highest BCUT2D eigenvalue weighted by Gasteiger charge is 2.15. The number of aromatic nitrogens is 1. The van der Waals surface area contributed by atoms with Gasteiger partial charge in [0.05, 0.1) is 11.6 Å². The number of pyridine rings is 1. The van der Waals surface area contributed by atoms with E-state index < -0.39 is 0 Å². The number of fused-ring (bicyclic) bond motifs is 1. The van der Waals surface area contributed by atoms with E-state index in [1.165, 1.54) is 32.4 Å². The number of nitrogens with one attached hydrogen (secondary N) is 2. The van der Waals surface area contributed by atoms with Crippen molar-refractivity contribution in [3.8, 4) is 0 Å². The van der Waals surface area contributed by atoms with Crippen molar-refractivity contribution in [2.45, 2.75) is 32.6 Å². The molecule has 4 rings (SSSR count). The summed E-state index contributed by atoms with van der Waals surface area (Å²) in [6.07, 6.45) is 6.47. The van der Waals surface area contributed by atoms with Crippen molar-refractivity contribution >= 4 is 44.3 Å². The van der Waals surface area contributed by atoms with Crippen molar-refractivity contribution in [3.05, 3.63) is 52.3 Å². The zero-order chi connectivity index (χ0) is 20.9. The maximum Gasteiger partial charge on any atom is 0.270 e. The van der Waals surface area contributed by atoms with Crippen molar-refractivity contribution in [3.63, 3.8) is 0 Å². The molecule has 3 heterocycles. The number of carbonyl (C=O) groups is 1. The lowest BCUT2D eigenvalue weighted by molar-refractivity contribution is 0.0946. The third kappa shape index (κ3) is 5.02. The van der Waals surface area contributed by atoms with Gasteiger partial charge in [0.15, 0.2) is 0 Å². The Hall–Kier alpha value is -2.38. The highest BCUT2D eigenvalue weighted by atomic mass is 79.9. The molecular formula is C23H27BrN4O2. The summed E-state index contributed by atoms with van der Waals surface area (Å²) in [5.41, 5.74) is 3.02. The van der Waals surface area contributed by atoms with Crippen molar-refractivity contribution in [1.29, 1.82) is 0 Å². The summed E-state index contributed by atoms with van der Waals surface area (Å²) in [5, 5.41) is 7.17. The fourth-order valence-electron chi connectivity index (χ4n) is 3.81. The van der Waals surface area contributed by atoms with Crippen LogP contribution >= 0.6 is 15.9 Å². The first-order valence-electron chi connectivity index (χ1n) is 10.5. The van der Waals surface area contributed by atoms with Crippen molar-refractivity contribution < 1.29 is 9.21 Å². The minimum Gasteiger partial charge on any atom is -0.464 e. The van der Waals surface area contributed by atoms with Gasteiger partial charge in [0.25, 0.3) is 5.91 Å². The van der Waals surface area contributed by atoms with E-state index in [1.807, 2.05) is 31.2 Å². The second-order valence-corrected chi connectivity index (χ2v) is 8.64. The predicted octanol–water partition coefficient (Wildman–Crippen LogP) is 5.25. The summed E-state index contributed by atoms with van der Waals surface area (Å²) in [6, 6.07) is 9.55. The molecule has 30 heavy (non-hydrogen) atoms. The first-order chi connectivity index (χ1) is 14.6. The number of hydrogen-bond donors (Lipinski definition) is 2. The van der Waals surface area contributed by atoms with Crippen LogP contribution in [0.4, 0.5) is 11.5 Å². The van der Waals surface area contributed by atoms with E-state index in [1.54, 1.807) is 12.3 Å². The van der Waals surface area contributed by atoms with E-state index in [-0.39, 0.29) is 5.91 Å². The number of benzene rings is 1. The molecule has 0 aliphatic carbocycles. The van der Waals surface area contributed by atoms with Crippen LogP contribution in [-0.2, 0) is 0 Å². The van der Waals surface area contributed by atoms with E-state index in [9.17, 15) is 4.79 Å². The molecular weight excluding hydrogens is 444 g/mol. The Balaban J connectivity index is 1.43. The fraction of sp³-hybridized carbons (Fsp3) is 0.391. The van der Waals surface area contributed by atoms with Gasteiger partial charge in [-0.25, -0.2) is 4.98 Å². The molecule has 7 heteroatoms. The van der Waals surface area contributed by atoms with E-state index in [4.69, 9.17) is 4.42 Å². The summed E-state index contributed by atoms with van der Waals surface area (Å²) in [5.74, 6) is 0.434. The van der Waals surface area contributed by atoms with Crippen LogP contribution in [0, 0.1) is 6.92 Å². The average Bonchev–Trinajstić information content (AvgIpc) is 3.23. The van der Waals surface area contributed by atoms with Gasteiger partial charge in [0.1, 0.15) is 17.1 Å². The predicted molar refractivity (Wildman–Crippen MR) is 123 cm³/mol. The average molecular weight is 471 g/mol. The van der Waals surface area contributed by atoms with Gasteiger partial charge in [-0.3, -0.25) is 4.79 Å². The number of piperidine rings is 1. The first-order valence-corrected chi connectivity index (χ1v) is 11.3. The molecule has 158 valence electrons. The number of carbonyl (C=O) groups excluding carboxylic acids is 1. The summed E-state index contributed by atoms with van der Waals surface area (Å²) in [4.78, 5) is 19.8. The molecule has 1 aliphatic rings. The van der Waals surface area contributed by atoms with Gasteiger partial charge in [-0.15, -0.1) is 0 Å². The van der Waals surface area contributed by atoms with Crippen molar-refractivity contribution in [1.82, 2.24) is 15.2 Å². The number of rotatable bonds is 7. The summed E-state index contributed by atoms with van der Waals surface area (Å²) >= 11 is 3.52. The second kappa shape index (κ2) is 9.62. The van der Waals surface area contributed by atoms with Crippen LogP contribution < -0.4 is 10.6 Å². The van der Waals surface area contributed by atoms with Gasteiger partial charge in [0.2, 0.25) is 0 Å². The van der Waals surface area contributed by atoms with Crippen LogP contribution in [-0.4, -0.2) is 42.0 Å². The first kappa shape index (κ1) is 20.9. The number of hydrogen-bond acceptors (Lipinski definition) is 5. The van der Waals surface area contributed by atoms with Crippen molar-refractivity contribution in [2.75, 3.05) is 31.5 Å². The second-order valence-electron chi connectivity index (χ2n) is 7.79. The van der Waals surface area contributed by atoms with Gasteiger partial charge in [-0.2, -0.15) is 0 Å². The van der Waals surface area contributed by atoms with Gasteiger partial charge < -0.3 is 20.0 Å². The topological polar surface area (TPSA) is 70.4 Å². The van der Waals surface area contributed by atoms with E-state index in [0.29, 0.717) is 23.6 Å². The molecule has 1 aromatic carbocycles. The molecule has 1 fully saturated rings. The normalized spacial score (nSPS) is 14.7. The van der Waals surface area contributed by atoms with Gasteiger partial charge >= 0.3 is 0 Å². The molecule has 0 atom stereocenters. The number of aryl methyl sites for hydroxylation is 1. The molecule has 1 aliphatic heterocycles. The van der Waals surface area contributed by atoms with E-state index in [0.717, 1.165) is 34.1 Å². The Kier molecular flexibility index (Phi) is 6.69. The Morgan fingerprint density at radius 3 is 2.83 bits per heavy atom. The smallest absolute Gasteiger partial charge is 0.270 e. The Bertz CT molecular complexity index is 1030. The zero-order valence-electron chi connectivity index (χ0n) is 17.2. The number of halogens is 1. The molecule has 3 aromatic rings. The third-order valence-corrected chi connectivity index (χ3v) is 6.38. The van der Waals surface area contributed by atoms with Crippen LogP contribution in [0.2, 0.25) is 0 Å². The maximum absolute atomic E-state index is 12.7. The quantitative estimate of drug-likeness (QED) is 0.461. The van der Waals surface area contributed by atoms with Crippen LogP contribution in [0.25, 0.3) is 11.0 Å². The minimum atomic E-state index is -0.179. The molecule has 0 spiro atoms. The van der Waals surface area contributed by atoms with E-state index in [2.05, 4.69) is 36.4 Å². The van der Waals surface area contributed by atoms with Crippen LogP contribution in [0.15, 0.2) is 45.5 Å². The Labute approximate surface area is 185 Å². The molecule has 6 nitrogen and oxygen atoms in total. The monoisotopic (exact) mass is 470 g/mol. The van der Waals surface area contributed by atoms with Crippen LogP contribution in [0.3, 0.4) is 0 Å². The SMILES string of the molecule is Cc1cc(Nc2nc(C(=O)NCCCN3CCCCC3)cc3occc23)ccc1Br.